The Morgan fingerprint density at radius 3 is 1.93 bits per heavy atom. The van der Waals surface area contributed by atoms with Gasteiger partial charge in [-0.1, -0.05) is 107 Å². The van der Waals surface area contributed by atoms with Crippen LogP contribution in [0.2, 0.25) is 0 Å². The summed E-state index contributed by atoms with van der Waals surface area (Å²) in [6, 6.07) is 24.6. The van der Waals surface area contributed by atoms with Gasteiger partial charge in [-0.25, -0.2) is 0 Å². The first-order valence-electron chi connectivity index (χ1n) is 11.8. The molecule has 1 heterocycles. The average Bonchev–Trinajstić information content (AvgIpc) is 2.78. The molecule has 1 heteroatoms. The van der Waals surface area contributed by atoms with Crippen molar-refractivity contribution in [3.63, 3.8) is 0 Å². The second-order valence-electron chi connectivity index (χ2n) is 8.37. The van der Waals surface area contributed by atoms with Gasteiger partial charge in [0.25, 0.3) is 0 Å². The maximum Gasteiger partial charge on any atom is 0.212 e. The minimum atomic E-state index is 0.413. The highest BCUT2D eigenvalue weighted by molar-refractivity contribution is 5.75. The van der Waals surface area contributed by atoms with E-state index in [1.54, 1.807) is 0 Å². The van der Waals surface area contributed by atoms with Gasteiger partial charge in [0.15, 0.2) is 12.2 Å². The van der Waals surface area contributed by atoms with Crippen LogP contribution < -0.4 is 4.57 Å². The van der Waals surface area contributed by atoms with Gasteiger partial charge in [-0.15, -0.1) is 0 Å². The summed E-state index contributed by atoms with van der Waals surface area (Å²) in [7, 11) is 0. The quantitative estimate of drug-likeness (QED) is 0.206. The van der Waals surface area contributed by atoms with Gasteiger partial charge in [-0.3, -0.25) is 0 Å². The molecule has 0 radical (unpaired) electrons. The molecular formula is C28H38N+. The Labute approximate surface area is 177 Å². The number of para-hydroxylation sites is 1. The van der Waals surface area contributed by atoms with E-state index in [-0.39, 0.29) is 0 Å². The molecule has 3 rings (SSSR count). The Morgan fingerprint density at radius 1 is 0.621 bits per heavy atom. The van der Waals surface area contributed by atoms with Crippen LogP contribution in [-0.2, 0) is 0 Å². The molecule has 0 aliphatic rings. The van der Waals surface area contributed by atoms with Gasteiger partial charge in [0, 0.05) is 29.5 Å². The topological polar surface area (TPSA) is 3.88 Å². The van der Waals surface area contributed by atoms with Crippen LogP contribution in [0.1, 0.15) is 89.2 Å². The van der Waals surface area contributed by atoms with Gasteiger partial charge >= 0.3 is 0 Å². The molecule has 3 aromatic rings. The molecule has 0 aliphatic carbocycles. The fraction of sp³-hybridized carbons (Fsp3) is 0.464. The summed E-state index contributed by atoms with van der Waals surface area (Å²) in [4.78, 5) is 0. The number of hydrogen-bond acceptors (Lipinski definition) is 0. The molecule has 0 bridgehead atoms. The van der Waals surface area contributed by atoms with Gasteiger partial charge < -0.3 is 0 Å². The van der Waals surface area contributed by atoms with Crippen LogP contribution in [0.3, 0.4) is 0 Å². The van der Waals surface area contributed by atoms with E-state index in [2.05, 4.69) is 84.4 Å². The molecule has 1 nitrogen and oxygen atoms in total. The molecule has 0 aliphatic heterocycles. The van der Waals surface area contributed by atoms with E-state index < -0.39 is 0 Å². The van der Waals surface area contributed by atoms with Crippen molar-refractivity contribution in [2.45, 2.75) is 83.6 Å². The lowest BCUT2D eigenvalue weighted by Gasteiger charge is -2.15. The molecule has 1 unspecified atom stereocenters. The fourth-order valence-corrected chi connectivity index (χ4v) is 4.42. The second-order valence-corrected chi connectivity index (χ2v) is 8.37. The van der Waals surface area contributed by atoms with Gasteiger partial charge in [-0.2, -0.15) is 4.57 Å². The van der Waals surface area contributed by atoms with Crippen LogP contribution in [0.15, 0.2) is 72.9 Å². The molecule has 0 saturated heterocycles. The summed E-state index contributed by atoms with van der Waals surface area (Å²) in [6.07, 6.45) is 17.4. The molecule has 0 amide bonds. The lowest BCUT2D eigenvalue weighted by molar-refractivity contribution is -0.689. The van der Waals surface area contributed by atoms with Crippen LogP contribution in [0.5, 0.6) is 0 Å². The zero-order chi connectivity index (χ0) is 20.2. The van der Waals surface area contributed by atoms with E-state index in [1.165, 1.54) is 87.1 Å². The van der Waals surface area contributed by atoms with Crippen molar-refractivity contribution in [1.82, 2.24) is 0 Å². The Kier molecular flexibility index (Phi) is 9.23. The van der Waals surface area contributed by atoms with E-state index in [0.29, 0.717) is 6.04 Å². The number of nitrogens with zero attached hydrogens (tertiary/aromatic N) is 1. The van der Waals surface area contributed by atoms with Crippen molar-refractivity contribution in [2.24, 2.45) is 0 Å². The number of benzene rings is 2. The Bertz CT molecular complexity index is 819. The Morgan fingerprint density at radius 2 is 1.21 bits per heavy atom. The fourth-order valence-electron chi connectivity index (χ4n) is 4.42. The van der Waals surface area contributed by atoms with E-state index in [4.69, 9.17) is 0 Å². The Hall–Kier alpha value is -2.15. The molecule has 0 N–H and O–H groups in total. The maximum absolute atomic E-state index is 2.48. The molecule has 154 valence electrons. The monoisotopic (exact) mass is 388 g/mol. The van der Waals surface area contributed by atoms with Crippen LogP contribution in [0.25, 0.3) is 10.9 Å². The average molecular weight is 389 g/mol. The first-order valence-corrected chi connectivity index (χ1v) is 11.8. The van der Waals surface area contributed by atoms with Crippen LogP contribution in [-0.4, -0.2) is 0 Å². The first-order chi connectivity index (χ1) is 14.4. The minimum absolute atomic E-state index is 0.413. The first kappa shape index (κ1) is 21.6. The molecular weight excluding hydrogens is 350 g/mol. The van der Waals surface area contributed by atoms with Crippen molar-refractivity contribution in [1.29, 1.82) is 0 Å². The Balaban J connectivity index is 1.56. The zero-order valence-corrected chi connectivity index (χ0v) is 18.2. The lowest BCUT2D eigenvalue weighted by Crippen LogP contribution is -2.40. The SMILES string of the molecule is CCCCCCCCCCCCC(c1ccccc1)[n+]1cccc2ccccc21. The van der Waals surface area contributed by atoms with Gasteiger partial charge in [0.05, 0.1) is 0 Å². The predicted molar refractivity (Wildman–Crippen MR) is 125 cm³/mol. The van der Waals surface area contributed by atoms with Crippen LogP contribution >= 0.6 is 0 Å². The molecule has 0 saturated carbocycles. The number of rotatable bonds is 13. The number of fused-ring (bicyclic) bond motifs is 1. The summed E-state index contributed by atoms with van der Waals surface area (Å²) in [5.74, 6) is 0. The highest BCUT2D eigenvalue weighted by Crippen LogP contribution is 2.22. The molecule has 29 heavy (non-hydrogen) atoms. The summed E-state index contributed by atoms with van der Waals surface area (Å²) in [6.45, 7) is 2.29. The van der Waals surface area contributed by atoms with E-state index in [0.717, 1.165) is 0 Å². The maximum atomic E-state index is 2.48. The van der Waals surface area contributed by atoms with Crippen molar-refractivity contribution < 1.29 is 4.57 Å². The molecule has 2 aromatic carbocycles. The largest absolute Gasteiger partial charge is 0.212 e. The van der Waals surface area contributed by atoms with E-state index >= 15 is 0 Å². The minimum Gasteiger partial charge on any atom is -0.191 e. The van der Waals surface area contributed by atoms with Crippen molar-refractivity contribution in [2.75, 3.05) is 0 Å². The van der Waals surface area contributed by atoms with Crippen LogP contribution in [0, 0.1) is 0 Å². The van der Waals surface area contributed by atoms with E-state index in [9.17, 15) is 0 Å². The smallest absolute Gasteiger partial charge is 0.191 e. The van der Waals surface area contributed by atoms with Crippen molar-refractivity contribution in [3.05, 3.63) is 78.5 Å². The summed E-state index contributed by atoms with van der Waals surface area (Å²) >= 11 is 0. The third-order valence-electron chi connectivity index (χ3n) is 6.09. The number of pyridine rings is 1. The standard InChI is InChI=1S/C28H38N/c1-2-3-4-5-6-7-8-9-10-14-22-27(25-18-12-11-13-19-25)29-24-17-21-26-20-15-16-23-28(26)29/h11-13,15-21,23-24,27H,2-10,14,22H2,1H3/q+1. The molecule has 0 spiro atoms. The van der Waals surface area contributed by atoms with Gasteiger partial charge in [0.1, 0.15) is 0 Å². The number of unbranched alkanes of at least 4 members (excludes halogenated alkanes) is 9. The number of aromatic nitrogens is 1. The predicted octanol–water partition coefficient (Wildman–Crippen LogP) is 8.03. The number of hydrogen-bond donors (Lipinski definition) is 0. The third-order valence-corrected chi connectivity index (χ3v) is 6.09. The van der Waals surface area contributed by atoms with Gasteiger partial charge in [-0.05, 0) is 18.6 Å². The normalized spacial score (nSPS) is 12.3. The van der Waals surface area contributed by atoms with Crippen molar-refractivity contribution in [3.8, 4) is 0 Å². The molecule has 1 atom stereocenters. The highest BCUT2D eigenvalue weighted by Gasteiger charge is 2.22. The lowest BCUT2D eigenvalue weighted by atomic mass is 9.98. The molecule has 0 fully saturated rings. The highest BCUT2D eigenvalue weighted by atomic mass is 15.0. The third kappa shape index (κ3) is 6.70. The molecule has 1 aromatic heterocycles. The van der Waals surface area contributed by atoms with Gasteiger partial charge in [0.2, 0.25) is 5.52 Å². The van der Waals surface area contributed by atoms with Crippen LogP contribution in [0.4, 0.5) is 0 Å². The summed E-state index contributed by atoms with van der Waals surface area (Å²) < 4.78 is 2.48. The summed E-state index contributed by atoms with van der Waals surface area (Å²) in [5, 5.41) is 1.32. The second kappa shape index (κ2) is 12.4. The van der Waals surface area contributed by atoms with E-state index in [1.807, 2.05) is 0 Å². The zero-order valence-electron chi connectivity index (χ0n) is 18.2. The van der Waals surface area contributed by atoms with Crippen molar-refractivity contribution >= 4 is 10.9 Å². The summed E-state index contributed by atoms with van der Waals surface area (Å²) in [5.41, 5.74) is 2.75.